The Kier molecular flexibility index (Phi) is 4.20. The minimum atomic E-state index is 0.194. The Morgan fingerprint density at radius 1 is 1.35 bits per heavy atom. The van der Waals surface area contributed by atoms with Crippen molar-refractivity contribution in [2.75, 3.05) is 14.2 Å². The summed E-state index contributed by atoms with van der Waals surface area (Å²) in [6.07, 6.45) is 0. The third-order valence-electron chi connectivity index (χ3n) is 2.63. The van der Waals surface area contributed by atoms with E-state index in [4.69, 9.17) is 4.74 Å². The van der Waals surface area contributed by atoms with Gasteiger partial charge in [-0.05, 0) is 42.3 Å². The van der Waals surface area contributed by atoms with Crippen molar-refractivity contribution in [1.29, 1.82) is 0 Å². The second-order valence-electron chi connectivity index (χ2n) is 3.62. The first kappa shape index (κ1) is 12.6. The predicted molar refractivity (Wildman–Crippen MR) is 75.9 cm³/mol. The molecule has 0 amide bonds. The number of nitrogens with one attached hydrogen (secondary N) is 1. The molecule has 0 aliphatic rings. The van der Waals surface area contributed by atoms with E-state index in [0.717, 1.165) is 10.2 Å². The Morgan fingerprint density at radius 2 is 2.18 bits per heavy atom. The standard InChI is InChI=1S/C13H14BrNOS/c1-15-13(12-4-3-7-17-12)10-8-9(16-2)5-6-11(10)14/h3-8,13,15H,1-2H3. The van der Waals surface area contributed by atoms with E-state index in [2.05, 4.69) is 44.8 Å². The normalized spacial score (nSPS) is 12.4. The molecule has 0 fully saturated rings. The zero-order valence-corrected chi connectivity index (χ0v) is 12.1. The van der Waals surface area contributed by atoms with Gasteiger partial charge in [0.25, 0.3) is 0 Å². The molecular weight excluding hydrogens is 298 g/mol. The summed E-state index contributed by atoms with van der Waals surface area (Å²) in [4.78, 5) is 1.29. The minimum absolute atomic E-state index is 0.194. The molecule has 2 aromatic rings. The minimum Gasteiger partial charge on any atom is -0.497 e. The number of hydrogen-bond donors (Lipinski definition) is 1. The van der Waals surface area contributed by atoms with Crippen LogP contribution in [0.25, 0.3) is 0 Å². The van der Waals surface area contributed by atoms with Gasteiger partial charge in [0.15, 0.2) is 0 Å². The summed E-state index contributed by atoms with van der Waals surface area (Å²) < 4.78 is 6.37. The molecule has 1 heterocycles. The van der Waals surface area contributed by atoms with Gasteiger partial charge in [0.2, 0.25) is 0 Å². The number of thiophene rings is 1. The van der Waals surface area contributed by atoms with Gasteiger partial charge in [0.1, 0.15) is 5.75 Å². The molecule has 2 nitrogen and oxygen atoms in total. The molecule has 1 aromatic carbocycles. The highest BCUT2D eigenvalue weighted by atomic mass is 79.9. The van der Waals surface area contributed by atoms with Gasteiger partial charge in [0, 0.05) is 9.35 Å². The molecule has 0 radical (unpaired) electrons. The summed E-state index contributed by atoms with van der Waals surface area (Å²) in [5.41, 5.74) is 1.19. The number of rotatable bonds is 4. The molecule has 1 atom stereocenters. The van der Waals surface area contributed by atoms with E-state index in [0.29, 0.717) is 0 Å². The van der Waals surface area contributed by atoms with Crippen molar-refractivity contribution < 1.29 is 4.74 Å². The van der Waals surface area contributed by atoms with Crippen LogP contribution >= 0.6 is 27.3 Å². The largest absolute Gasteiger partial charge is 0.497 e. The molecule has 0 bridgehead atoms. The second-order valence-corrected chi connectivity index (χ2v) is 5.46. The van der Waals surface area contributed by atoms with Gasteiger partial charge in [-0.25, -0.2) is 0 Å². The summed E-state index contributed by atoms with van der Waals surface area (Å²) in [6, 6.07) is 10.4. The van der Waals surface area contributed by atoms with Gasteiger partial charge >= 0.3 is 0 Å². The molecule has 4 heteroatoms. The summed E-state index contributed by atoms with van der Waals surface area (Å²) in [5.74, 6) is 0.875. The van der Waals surface area contributed by atoms with E-state index in [1.54, 1.807) is 18.4 Å². The lowest BCUT2D eigenvalue weighted by molar-refractivity contribution is 0.413. The van der Waals surface area contributed by atoms with Crippen LogP contribution in [0.5, 0.6) is 5.75 Å². The molecule has 90 valence electrons. The maximum Gasteiger partial charge on any atom is 0.119 e. The van der Waals surface area contributed by atoms with Crippen LogP contribution < -0.4 is 10.1 Å². The zero-order valence-electron chi connectivity index (χ0n) is 9.74. The Balaban J connectivity index is 2.43. The monoisotopic (exact) mass is 311 g/mol. The fourth-order valence-corrected chi connectivity index (χ4v) is 3.10. The van der Waals surface area contributed by atoms with E-state index < -0.39 is 0 Å². The van der Waals surface area contributed by atoms with Crippen LogP contribution in [-0.4, -0.2) is 14.2 Å². The first-order valence-electron chi connectivity index (χ1n) is 5.30. The van der Waals surface area contributed by atoms with Crippen LogP contribution in [0.15, 0.2) is 40.2 Å². The molecule has 1 aromatic heterocycles. The lowest BCUT2D eigenvalue weighted by Gasteiger charge is -2.17. The molecule has 0 aliphatic heterocycles. The van der Waals surface area contributed by atoms with E-state index in [-0.39, 0.29) is 6.04 Å². The molecule has 1 N–H and O–H groups in total. The van der Waals surface area contributed by atoms with Crippen LogP contribution in [-0.2, 0) is 0 Å². The highest BCUT2D eigenvalue weighted by molar-refractivity contribution is 9.10. The van der Waals surface area contributed by atoms with Gasteiger partial charge in [-0.3, -0.25) is 0 Å². The van der Waals surface area contributed by atoms with Crippen molar-refractivity contribution in [3.8, 4) is 5.75 Å². The van der Waals surface area contributed by atoms with Crippen molar-refractivity contribution in [3.63, 3.8) is 0 Å². The van der Waals surface area contributed by atoms with Crippen molar-refractivity contribution in [2.45, 2.75) is 6.04 Å². The Bertz CT molecular complexity index is 484. The van der Waals surface area contributed by atoms with Crippen LogP contribution in [0.1, 0.15) is 16.5 Å². The summed E-state index contributed by atoms with van der Waals surface area (Å²) >= 11 is 5.34. The number of methoxy groups -OCH3 is 1. The lowest BCUT2D eigenvalue weighted by atomic mass is 10.1. The average Bonchev–Trinajstić information content (AvgIpc) is 2.86. The fraction of sp³-hybridized carbons (Fsp3) is 0.231. The third-order valence-corrected chi connectivity index (χ3v) is 4.29. The van der Waals surface area contributed by atoms with Crippen LogP contribution in [0.3, 0.4) is 0 Å². The Hall–Kier alpha value is -0.840. The van der Waals surface area contributed by atoms with Gasteiger partial charge < -0.3 is 10.1 Å². The predicted octanol–water partition coefficient (Wildman–Crippen LogP) is 3.83. The molecule has 2 rings (SSSR count). The van der Waals surface area contributed by atoms with Crippen molar-refractivity contribution in [2.24, 2.45) is 0 Å². The average molecular weight is 312 g/mol. The van der Waals surface area contributed by atoms with Crippen molar-refractivity contribution in [1.82, 2.24) is 5.32 Å². The number of benzene rings is 1. The van der Waals surface area contributed by atoms with Crippen molar-refractivity contribution >= 4 is 27.3 Å². The molecule has 0 saturated heterocycles. The fourth-order valence-electron chi connectivity index (χ4n) is 1.78. The summed E-state index contributed by atoms with van der Waals surface area (Å²) in [7, 11) is 3.66. The van der Waals surface area contributed by atoms with Crippen LogP contribution in [0.2, 0.25) is 0 Å². The number of ether oxygens (including phenoxy) is 1. The third kappa shape index (κ3) is 2.70. The Morgan fingerprint density at radius 3 is 2.76 bits per heavy atom. The molecule has 0 spiro atoms. The van der Waals surface area contributed by atoms with Gasteiger partial charge in [-0.15, -0.1) is 11.3 Å². The maximum absolute atomic E-state index is 5.28. The van der Waals surface area contributed by atoms with E-state index in [1.807, 2.05) is 19.2 Å². The van der Waals surface area contributed by atoms with Crippen LogP contribution in [0, 0.1) is 0 Å². The Labute approximate surface area is 114 Å². The maximum atomic E-state index is 5.28. The number of halogens is 1. The quantitative estimate of drug-likeness (QED) is 0.926. The molecular formula is C13H14BrNOS. The second kappa shape index (κ2) is 5.67. The molecule has 0 saturated carbocycles. The first-order valence-corrected chi connectivity index (χ1v) is 6.97. The highest BCUT2D eigenvalue weighted by Crippen LogP contribution is 2.33. The SMILES string of the molecule is CNC(c1cccs1)c1cc(OC)ccc1Br. The van der Waals surface area contributed by atoms with Crippen LogP contribution in [0.4, 0.5) is 0 Å². The van der Waals surface area contributed by atoms with Gasteiger partial charge in [0.05, 0.1) is 13.2 Å². The summed E-state index contributed by atoms with van der Waals surface area (Å²) in [5, 5.41) is 5.43. The number of hydrogen-bond acceptors (Lipinski definition) is 3. The lowest BCUT2D eigenvalue weighted by Crippen LogP contribution is -2.17. The van der Waals surface area contributed by atoms with E-state index in [9.17, 15) is 0 Å². The topological polar surface area (TPSA) is 21.3 Å². The summed E-state index contributed by atoms with van der Waals surface area (Å²) in [6.45, 7) is 0. The van der Waals surface area contributed by atoms with Gasteiger partial charge in [-0.2, -0.15) is 0 Å². The molecule has 1 unspecified atom stereocenters. The van der Waals surface area contributed by atoms with Gasteiger partial charge in [-0.1, -0.05) is 22.0 Å². The van der Waals surface area contributed by atoms with E-state index in [1.165, 1.54) is 10.4 Å². The van der Waals surface area contributed by atoms with E-state index >= 15 is 0 Å². The zero-order chi connectivity index (χ0) is 12.3. The first-order chi connectivity index (χ1) is 8.26. The molecule has 17 heavy (non-hydrogen) atoms. The van der Waals surface area contributed by atoms with Crippen molar-refractivity contribution in [3.05, 3.63) is 50.6 Å². The molecule has 0 aliphatic carbocycles. The smallest absolute Gasteiger partial charge is 0.119 e. The highest BCUT2D eigenvalue weighted by Gasteiger charge is 2.16.